The number of carbonyl (C=O) groups excluding carboxylic acids is 1. The predicted octanol–water partition coefficient (Wildman–Crippen LogP) is 3.56. The van der Waals surface area contributed by atoms with Crippen LogP contribution in [0.2, 0.25) is 0 Å². The van der Waals surface area contributed by atoms with Gasteiger partial charge in [-0.1, -0.05) is 0 Å². The second-order valence-corrected chi connectivity index (χ2v) is 9.58. The van der Waals surface area contributed by atoms with Gasteiger partial charge in [0, 0.05) is 10.9 Å². The Labute approximate surface area is 195 Å². The second kappa shape index (κ2) is 10.5. The molecule has 1 aromatic heterocycles. The number of carbonyl (C=O) groups is 1. The molecule has 1 amide bonds. The van der Waals surface area contributed by atoms with Gasteiger partial charge in [-0.05, 0) is 60.3 Å². The van der Waals surface area contributed by atoms with Crippen molar-refractivity contribution >= 4 is 39.2 Å². The molecule has 33 heavy (non-hydrogen) atoms. The third-order valence-corrected chi connectivity index (χ3v) is 7.34. The molecule has 0 aliphatic rings. The van der Waals surface area contributed by atoms with Crippen LogP contribution in [0.15, 0.2) is 63.9 Å². The normalized spacial score (nSPS) is 11.4. The first-order chi connectivity index (χ1) is 15.8. The maximum atomic E-state index is 13.5. The number of nitrogens with zero attached hydrogens (tertiary/aromatic N) is 2. The fraction of sp³-hybridized carbons (Fsp3) is 0.182. The summed E-state index contributed by atoms with van der Waals surface area (Å²) in [7, 11) is -1.42. The van der Waals surface area contributed by atoms with E-state index in [-0.39, 0.29) is 16.3 Å². The van der Waals surface area contributed by atoms with E-state index in [2.05, 4.69) is 10.5 Å². The van der Waals surface area contributed by atoms with Gasteiger partial charge in [0.1, 0.15) is 12.4 Å². The number of amides is 1. The molecule has 1 heterocycles. The van der Waals surface area contributed by atoms with Crippen LogP contribution in [0.1, 0.15) is 10.4 Å². The second-order valence-electron chi connectivity index (χ2n) is 6.77. The standard InChI is InChI=1S/C22H22FN3O5S2/c1-15-10-11-32-21(15)13-24-25-22(27)14-26(17-6-4-16(23)5-7-17)33(28,29)18-8-9-19(30-2)20(12-18)31-3/h4-13H,14H2,1-3H3,(H,25,27)/b24-13-. The Balaban J connectivity index is 1.91. The highest BCUT2D eigenvalue weighted by Crippen LogP contribution is 2.32. The van der Waals surface area contributed by atoms with E-state index in [1.807, 2.05) is 18.4 Å². The van der Waals surface area contributed by atoms with Crippen LogP contribution >= 0.6 is 11.3 Å². The average Bonchev–Trinajstić information content (AvgIpc) is 3.22. The molecule has 3 aromatic rings. The van der Waals surface area contributed by atoms with Crippen LogP contribution < -0.4 is 19.2 Å². The number of nitrogens with one attached hydrogen (secondary N) is 1. The fourth-order valence-corrected chi connectivity index (χ4v) is 5.10. The van der Waals surface area contributed by atoms with Crippen LogP contribution in [0.5, 0.6) is 11.5 Å². The van der Waals surface area contributed by atoms with Gasteiger partial charge in [0.15, 0.2) is 11.5 Å². The van der Waals surface area contributed by atoms with Crippen molar-refractivity contribution in [1.29, 1.82) is 0 Å². The van der Waals surface area contributed by atoms with E-state index >= 15 is 0 Å². The lowest BCUT2D eigenvalue weighted by atomic mass is 10.3. The fourth-order valence-electron chi connectivity index (χ4n) is 2.87. The van der Waals surface area contributed by atoms with Crippen LogP contribution in [0.25, 0.3) is 0 Å². The minimum absolute atomic E-state index is 0.111. The molecule has 0 radical (unpaired) electrons. The molecule has 2 aromatic carbocycles. The number of thiophene rings is 1. The van der Waals surface area contributed by atoms with Crippen molar-refractivity contribution < 1.29 is 27.1 Å². The monoisotopic (exact) mass is 491 g/mol. The summed E-state index contributed by atoms with van der Waals surface area (Å²) in [6, 6.07) is 10.8. The molecule has 1 N–H and O–H groups in total. The van der Waals surface area contributed by atoms with E-state index < -0.39 is 28.3 Å². The van der Waals surface area contributed by atoms with Crippen molar-refractivity contribution in [2.45, 2.75) is 11.8 Å². The van der Waals surface area contributed by atoms with Crippen molar-refractivity contribution in [1.82, 2.24) is 5.43 Å². The quantitative estimate of drug-likeness (QED) is 0.365. The van der Waals surface area contributed by atoms with Crippen LogP contribution in [-0.4, -0.2) is 41.3 Å². The number of rotatable bonds is 9. The lowest BCUT2D eigenvalue weighted by molar-refractivity contribution is -0.119. The molecule has 0 aliphatic carbocycles. The maximum Gasteiger partial charge on any atom is 0.264 e. The number of aryl methyl sites for hydroxylation is 1. The van der Waals surface area contributed by atoms with Crippen LogP contribution in [-0.2, 0) is 14.8 Å². The number of benzene rings is 2. The zero-order valence-corrected chi connectivity index (χ0v) is 19.7. The summed E-state index contributed by atoms with van der Waals surface area (Å²) in [6.45, 7) is 1.33. The maximum absolute atomic E-state index is 13.5. The van der Waals surface area contributed by atoms with E-state index in [4.69, 9.17) is 9.47 Å². The molecule has 0 saturated heterocycles. The number of hydrazone groups is 1. The molecule has 8 nitrogen and oxygen atoms in total. The molecular formula is C22H22FN3O5S2. The van der Waals surface area contributed by atoms with Crippen LogP contribution in [0.4, 0.5) is 10.1 Å². The molecule has 0 spiro atoms. The number of anilines is 1. The van der Waals surface area contributed by atoms with Gasteiger partial charge in [-0.2, -0.15) is 5.10 Å². The van der Waals surface area contributed by atoms with Crippen molar-refractivity contribution in [3.63, 3.8) is 0 Å². The minimum Gasteiger partial charge on any atom is -0.493 e. The molecule has 0 bridgehead atoms. The van der Waals surface area contributed by atoms with E-state index in [1.165, 1.54) is 62.1 Å². The number of sulfonamides is 1. The summed E-state index contributed by atoms with van der Waals surface area (Å²) in [5, 5.41) is 5.80. The highest BCUT2D eigenvalue weighted by Gasteiger charge is 2.28. The van der Waals surface area contributed by atoms with Crippen molar-refractivity contribution in [3.05, 3.63) is 70.2 Å². The van der Waals surface area contributed by atoms with Gasteiger partial charge in [-0.15, -0.1) is 11.3 Å². The molecule has 0 fully saturated rings. The number of ether oxygens (including phenoxy) is 2. The first kappa shape index (κ1) is 24.2. The molecule has 0 saturated carbocycles. The summed E-state index contributed by atoms with van der Waals surface area (Å²) in [6.07, 6.45) is 1.49. The number of methoxy groups -OCH3 is 2. The molecule has 174 valence electrons. The Morgan fingerprint density at radius 3 is 2.42 bits per heavy atom. The number of hydrogen-bond acceptors (Lipinski definition) is 7. The van der Waals surface area contributed by atoms with Gasteiger partial charge in [0.25, 0.3) is 15.9 Å². The zero-order valence-electron chi connectivity index (χ0n) is 18.1. The molecule has 0 atom stereocenters. The zero-order chi connectivity index (χ0) is 24.0. The number of hydrogen-bond donors (Lipinski definition) is 1. The highest BCUT2D eigenvalue weighted by molar-refractivity contribution is 7.92. The SMILES string of the molecule is COc1ccc(S(=O)(=O)N(CC(=O)N/N=C\c2sccc2C)c2ccc(F)cc2)cc1OC. The average molecular weight is 492 g/mol. The summed E-state index contributed by atoms with van der Waals surface area (Å²) < 4.78 is 51.6. The molecule has 11 heteroatoms. The lowest BCUT2D eigenvalue weighted by Crippen LogP contribution is -2.39. The molecule has 0 aliphatic heterocycles. The van der Waals surface area contributed by atoms with Crippen molar-refractivity contribution in [3.8, 4) is 11.5 Å². The topological polar surface area (TPSA) is 97.3 Å². The van der Waals surface area contributed by atoms with Crippen LogP contribution in [0, 0.1) is 12.7 Å². The van der Waals surface area contributed by atoms with Gasteiger partial charge >= 0.3 is 0 Å². The predicted molar refractivity (Wildman–Crippen MR) is 125 cm³/mol. The Hall–Kier alpha value is -3.44. The molecular weight excluding hydrogens is 469 g/mol. The van der Waals surface area contributed by atoms with Crippen molar-refractivity contribution in [2.75, 3.05) is 25.1 Å². The van der Waals surface area contributed by atoms with Gasteiger partial charge in [0.2, 0.25) is 0 Å². The minimum atomic E-state index is -4.23. The third-order valence-electron chi connectivity index (χ3n) is 4.62. The Morgan fingerprint density at radius 2 is 1.82 bits per heavy atom. The van der Waals surface area contributed by atoms with Gasteiger partial charge < -0.3 is 9.47 Å². The van der Waals surface area contributed by atoms with E-state index in [9.17, 15) is 17.6 Å². The molecule has 3 rings (SSSR count). The van der Waals surface area contributed by atoms with Gasteiger partial charge in [-0.3, -0.25) is 9.10 Å². The largest absolute Gasteiger partial charge is 0.493 e. The van der Waals surface area contributed by atoms with E-state index in [0.717, 1.165) is 26.9 Å². The third kappa shape index (κ3) is 5.68. The summed E-state index contributed by atoms with van der Waals surface area (Å²) in [4.78, 5) is 13.3. The highest BCUT2D eigenvalue weighted by atomic mass is 32.2. The smallest absolute Gasteiger partial charge is 0.264 e. The Morgan fingerprint density at radius 1 is 1.12 bits per heavy atom. The lowest BCUT2D eigenvalue weighted by Gasteiger charge is -2.24. The van der Waals surface area contributed by atoms with Gasteiger partial charge in [0.05, 0.1) is 31.0 Å². The molecule has 0 unspecified atom stereocenters. The summed E-state index contributed by atoms with van der Waals surface area (Å²) in [5.74, 6) is -0.657. The number of halogens is 1. The Bertz CT molecular complexity index is 1260. The Kier molecular flexibility index (Phi) is 7.67. The first-order valence-electron chi connectivity index (χ1n) is 9.62. The summed E-state index contributed by atoms with van der Waals surface area (Å²) in [5.41, 5.74) is 3.45. The van der Waals surface area contributed by atoms with E-state index in [1.54, 1.807) is 0 Å². The van der Waals surface area contributed by atoms with Crippen molar-refractivity contribution in [2.24, 2.45) is 5.10 Å². The van der Waals surface area contributed by atoms with Crippen LogP contribution in [0.3, 0.4) is 0 Å². The van der Waals surface area contributed by atoms with E-state index in [0.29, 0.717) is 5.75 Å². The van der Waals surface area contributed by atoms with Gasteiger partial charge in [-0.25, -0.2) is 18.2 Å². The summed E-state index contributed by atoms with van der Waals surface area (Å²) >= 11 is 1.46. The first-order valence-corrected chi connectivity index (χ1v) is 11.9.